The van der Waals surface area contributed by atoms with Crippen LogP contribution >= 0.6 is 0 Å². The van der Waals surface area contributed by atoms with Crippen LogP contribution in [-0.4, -0.2) is 5.11 Å². The van der Waals surface area contributed by atoms with Gasteiger partial charge in [0.1, 0.15) is 0 Å². The molecule has 0 aliphatic rings. The molecule has 14 heavy (non-hydrogen) atoms. The van der Waals surface area contributed by atoms with E-state index in [4.69, 9.17) is 0 Å². The van der Waals surface area contributed by atoms with Crippen LogP contribution in [0.5, 0.6) is 0 Å². The Morgan fingerprint density at radius 2 is 1.79 bits per heavy atom. The van der Waals surface area contributed by atoms with E-state index in [0.29, 0.717) is 5.76 Å². The van der Waals surface area contributed by atoms with E-state index in [9.17, 15) is 5.11 Å². The van der Waals surface area contributed by atoms with Crippen molar-refractivity contribution in [1.29, 1.82) is 0 Å². The first-order chi connectivity index (χ1) is 6.65. The van der Waals surface area contributed by atoms with Crippen LogP contribution in [0.25, 0.3) is 0 Å². The summed E-state index contributed by atoms with van der Waals surface area (Å²) >= 11 is 0. The lowest BCUT2D eigenvalue weighted by Crippen LogP contribution is -1.87. The molecule has 0 heterocycles. The standard InChI is InChI=1S/C13H24O/c1-5-8-9-12(6-2)10-11(4)13(14)7-3/h10,14H,5-9H2,1-4H3/b12-10+,13-11+. The van der Waals surface area contributed by atoms with Crippen LogP contribution < -0.4 is 0 Å². The average molecular weight is 196 g/mol. The third-order valence-corrected chi connectivity index (χ3v) is 2.52. The van der Waals surface area contributed by atoms with Gasteiger partial charge in [-0.25, -0.2) is 0 Å². The fourth-order valence-electron chi connectivity index (χ4n) is 1.42. The van der Waals surface area contributed by atoms with Gasteiger partial charge in [0.15, 0.2) is 0 Å². The molecule has 0 spiro atoms. The third-order valence-electron chi connectivity index (χ3n) is 2.52. The number of aliphatic hydroxyl groups is 1. The number of allylic oxidation sites excluding steroid dienone is 4. The maximum atomic E-state index is 9.53. The first-order valence-corrected chi connectivity index (χ1v) is 5.73. The van der Waals surface area contributed by atoms with Gasteiger partial charge in [0.05, 0.1) is 5.76 Å². The van der Waals surface area contributed by atoms with Crippen molar-refractivity contribution >= 4 is 0 Å². The summed E-state index contributed by atoms with van der Waals surface area (Å²) in [5.41, 5.74) is 2.48. The smallest absolute Gasteiger partial charge is 0.0948 e. The minimum Gasteiger partial charge on any atom is -0.512 e. The van der Waals surface area contributed by atoms with Crippen molar-refractivity contribution in [3.05, 3.63) is 23.0 Å². The fourth-order valence-corrected chi connectivity index (χ4v) is 1.42. The van der Waals surface area contributed by atoms with Gasteiger partial charge in [-0.2, -0.15) is 0 Å². The van der Waals surface area contributed by atoms with E-state index in [1.807, 2.05) is 13.8 Å². The van der Waals surface area contributed by atoms with Crippen molar-refractivity contribution in [2.75, 3.05) is 0 Å². The van der Waals surface area contributed by atoms with E-state index in [0.717, 1.165) is 18.4 Å². The summed E-state index contributed by atoms with van der Waals surface area (Å²) in [6, 6.07) is 0. The molecule has 0 aliphatic heterocycles. The topological polar surface area (TPSA) is 20.2 Å². The Kier molecular flexibility index (Phi) is 7.27. The Balaban J connectivity index is 4.42. The monoisotopic (exact) mass is 196 g/mol. The molecule has 0 saturated carbocycles. The zero-order valence-corrected chi connectivity index (χ0v) is 10.1. The Morgan fingerprint density at radius 1 is 1.14 bits per heavy atom. The molecule has 0 fully saturated rings. The number of unbranched alkanes of at least 4 members (excludes halogenated alkanes) is 1. The van der Waals surface area contributed by atoms with Crippen LogP contribution in [0, 0.1) is 0 Å². The molecule has 0 amide bonds. The highest BCUT2D eigenvalue weighted by molar-refractivity contribution is 5.24. The van der Waals surface area contributed by atoms with Gasteiger partial charge in [0.2, 0.25) is 0 Å². The van der Waals surface area contributed by atoms with Crippen LogP contribution in [0.1, 0.15) is 59.8 Å². The summed E-state index contributed by atoms with van der Waals surface area (Å²) in [6.45, 7) is 8.35. The Bertz CT molecular complexity index is 211. The minimum absolute atomic E-state index is 0.521. The van der Waals surface area contributed by atoms with Crippen molar-refractivity contribution in [2.45, 2.75) is 59.8 Å². The van der Waals surface area contributed by atoms with Crippen LogP contribution in [-0.2, 0) is 0 Å². The van der Waals surface area contributed by atoms with Crippen LogP contribution in [0.2, 0.25) is 0 Å². The molecule has 0 aromatic carbocycles. The van der Waals surface area contributed by atoms with Gasteiger partial charge in [0.25, 0.3) is 0 Å². The van der Waals surface area contributed by atoms with Gasteiger partial charge in [-0.15, -0.1) is 0 Å². The lowest BCUT2D eigenvalue weighted by atomic mass is 10.0. The average Bonchev–Trinajstić information content (AvgIpc) is 2.22. The van der Waals surface area contributed by atoms with Crippen LogP contribution in [0.15, 0.2) is 23.0 Å². The maximum absolute atomic E-state index is 9.53. The number of rotatable bonds is 6. The van der Waals surface area contributed by atoms with E-state index in [1.54, 1.807) is 0 Å². The van der Waals surface area contributed by atoms with E-state index < -0.39 is 0 Å². The zero-order chi connectivity index (χ0) is 11.0. The highest BCUT2D eigenvalue weighted by Gasteiger charge is 1.98. The summed E-state index contributed by atoms with van der Waals surface area (Å²) in [5.74, 6) is 0.521. The molecule has 0 aromatic rings. The normalized spacial score (nSPS) is 14.1. The molecular weight excluding hydrogens is 172 g/mol. The van der Waals surface area contributed by atoms with Crippen LogP contribution in [0.4, 0.5) is 0 Å². The number of aliphatic hydroxyl groups excluding tert-OH is 1. The first kappa shape index (κ1) is 13.3. The van der Waals surface area contributed by atoms with Gasteiger partial charge >= 0.3 is 0 Å². The lowest BCUT2D eigenvalue weighted by molar-refractivity contribution is 0.389. The summed E-state index contributed by atoms with van der Waals surface area (Å²) in [5, 5.41) is 9.53. The van der Waals surface area contributed by atoms with Crippen molar-refractivity contribution in [1.82, 2.24) is 0 Å². The van der Waals surface area contributed by atoms with E-state index in [1.165, 1.54) is 24.8 Å². The second-order valence-corrected chi connectivity index (χ2v) is 3.74. The molecule has 0 aromatic heterocycles. The molecule has 1 nitrogen and oxygen atoms in total. The molecule has 0 saturated heterocycles. The molecule has 1 N–H and O–H groups in total. The van der Waals surface area contributed by atoms with Crippen molar-refractivity contribution < 1.29 is 5.11 Å². The molecular formula is C13H24O. The largest absolute Gasteiger partial charge is 0.512 e. The van der Waals surface area contributed by atoms with E-state index in [-0.39, 0.29) is 0 Å². The molecule has 0 bridgehead atoms. The van der Waals surface area contributed by atoms with Gasteiger partial charge in [-0.1, -0.05) is 38.8 Å². The van der Waals surface area contributed by atoms with Crippen LogP contribution in [0.3, 0.4) is 0 Å². The second-order valence-electron chi connectivity index (χ2n) is 3.74. The third kappa shape index (κ3) is 5.11. The van der Waals surface area contributed by atoms with Crippen molar-refractivity contribution in [2.24, 2.45) is 0 Å². The quantitative estimate of drug-likeness (QED) is 0.480. The van der Waals surface area contributed by atoms with Crippen molar-refractivity contribution in [3.63, 3.8) is 0 Å². The zero-order valence-electron chi connectivity index (χ0n) is 10.1. The van der Waals surface area contributed by atoms with Gasteiger partial charge < -0.3 is 5.11 Å². The second kappa shape index (κ2) is 7.66. The van der Waals surface area contributed by atoms with Gasteiger partial charge in [-0.3, -0.25) is 0 Å². The van der Waals surface area contributed by atoms with Gasteiger partial charge in [0, 0.05) is 6.42 Å². The van der Waals surface area contributed by atoms with E-state index in [2.05, 4.69) is 19.9 Å². The molecule has 82 valence electrons. The maximum Gasteiger partial charge on any atom is 0.0948 e. The van der Waals surface area contributed by atoms with Crippen molar-refractivity contribution in [3.8, 4) is 0 Å². The summed E-state index contributed by atoms with van der Waals surface area (Å²) < 4.78 is 0. The molecule has 0 aliphatic carbocycles. The highest BCUT2D eigenvalue weighted by atomic mass is 16.3. The molecule has 1 heteroatoms. The summed E-state index contributed by atoms with van der Waals surface area (Å²) in [6.07, 6.45) is 7.62. The fraction of sp³-hybridized carbons (Fsp3) is 0.692. The lowest BCUT2D eigenvalue weighted by Gasteiger charge is -2.05. The number of hydrogen-bond acceptors (Lipinski definition) is 1. The first-order valence-electron chi connectivity index (χ1n) is 5.73. The summed E-state index contributed by atoms with van der Waals surface area (Å²) in [4.78, 5) is 0. The molecule has 0 atom stereocenters. The Labute approximate surface area is 88.5 Å². The highest BCUT2D eigenvalue weighted by Crippen LogP contribution is 2.16. The Hall–Kier alpha value is -0.720. The summed E-state index contributed by atoms with van der Waals surface area (Å²) in [7, 11) is 0. The predicted octanol–water partition coefficient (Wildman–Crippen LogP) is 4.76. The SMILES string of the molecule is CCCC/C(=C/C(C)=C(/O)CC)CC. The molecule has 0 unspecified atom stereocenters. The number of hydrogen-bond donors (Lipinski definition) is 1. The predicted molar refractivity (Wildman–Crippen MR) is 63.5 cm³/mol. The van der Waals surface area contributed by atoms with Gasteiger partial charge in [-0.05, 0) is 31.8 Å². The van der Waals surface area contributed by atoms with E-state index >= 15 is 0 Å². The Morgan fingerprint density at radius 3 is 2.21 bits per heavy atom. The molecule has 0 rings (SSSR count). The molecule has 0 radical (unpaired) electrons. The minimum atomic E-state index is 0.521.